The van der Waals surface area contributed by atoms with Gasteiger partial charge in [0, 0.05) is 11.4 Å². The van der Waals surface area contributed by atoms with E-state index in [1.54, 1.807) is 0 Å². The van der Waals surface area contributed by atoms with E-state index in [1.165, 1.54) is 11.1 Å². The van der Waals surface area contributed by atoms with Gasteiger partial charge < -0.3 is 5.32 Å². The third kappa shape index (κ3) is 2.91. The Bertz CT molecular complexity index is 673. The van der Waals surface area contributed by atoms with Crippen molar-refractivity contribution in [2.75, 3.05) is 5.32 Å². The van der Waals surface area contributed by atoms with Gasteiger partial charge in [0.1, 0.15) is 7.85 Å². The number of rotatable bonds is 3. The van der Waals surface area contributed by atoms with E-state index >= 15 is 0 Å². The van der Waals surface area contributed by atoms with Crippen LogP contribution in [0, 0.1) is 0 Å². The molecule has 2 heteroatoms. The highest BCUT2D eigenvalue weighted by atomic mass is 14.9. The van der Waals surface area contributed by atoms with Crippen molar-refractivity contribution in [2.24, 2.45) is 0 Å². The average Bonchev–Trinajstić information content (AvgIpc) is 2.50. The molecule has 0 saturated carbocycles. The minimum absolute atomic E-state index is 0.788. The number of nitrogens with one attached hydrogen (secondary N) is 1. The molecular formula is C18H14BN. The molecule has 0 aliphatic rings. The molecule has 0 heterocycles. The number of hydrogen-bond donors (Lipinski definition) is 1. The second-order valence-corrected chi connectivity index (χ2v) is 4.69. The van der Waals surface area contributed by atoms with Crippen LogP contribution < -0.4 is 10.8 Å². The normalized spacial score (nSPS) is 10.2. The molecule has 0 aromatic heterocycles. The first-order valence-electron chi connectivity index (χ1n) is 6.59. The van der Waals surface area contributed by atoms with Crippen molar-refractivity contribution in [2.45, 2.75) is 0 Å². The highest BCUT2D eigenvalue weighted by Gasteiger charge is 1.98. The minimum Gasteiger partial charge on any atom is -0.356 e. The topological polar surface area (TPSA) is 12.0 Å². The number of benzene rings is 3. The van der Waals surface area contributed by atoms with Gasteiger partial charge in [-0.15, -0.1) is 0 Å². The van der Waals surface area contributed by atoms with E-state index in [1.807, 2.05) is 54.6 Å². The quantitative estimate of drug-likeness (QED) is 0.700. The molecule has 3 rings (SSSR count). The van der Waals surface area contributed by atoms with Crippen LogP contribution in [-0.2, 0) is 0 Å². The molecule has 0 amide bonds. The lowest BCUT2D eigenvalue weighted by Gasteiger charge is -2.08. The number of anilines is 2. The SMILES string of the molecule is [B]c1ccc(-c2ccc(Nc3ccccc3)cc2)cc1. The first kappa shape index (κ1) is 12.6. The lowest BCUT2D eigenvalue weighted by molar-refractivity contribution is 1.54. The molecule has 0 atom stereocenters. The van der Waals surface area contributed by atoms with E-state index in [-0.39, 0.29) is 0 Å². The molecule has 3 aromatic rings. The van der Waals surface area contributed by atoms with Gasteiger partial charge in [0.15, 0.2) is 0 Å². The summed E-state index contributed by atoms with van der Waals surface area (Å²) in [5, 5.41) is 3.37. The van der Waals surface area contributed by atoms with Crippen LogP contribution in [0.4, 0.5) is 11.4 Å². The van der Waals surface area contributed by atoms with Gasteiger partial charge in [0.05, 0.1) is 0 Å². The van der Waals surface area contributed by atoms with Crippen LogP contribution >= 0.6 is 0 Å². The van der Waals surface area contributed by atoms with E-state index in [2.05, 4.69) is 29.6 Å². The van der Waals surface area contributed by atoms with Crippen molar-refractivity contribution < 1.29 is 0 Å². The maximum Gasteiger partial charge on any atom is 0.113 e. The van der Waals surface area contributed by atoms with Gasteiger partial charge >= 0.3 is 0 Å². The molecule has 0 unspecified atom stereocenters. The predicted molar refractivity (Wildman–Crippen MR) is 87.0 cm³/mol. The van der Waals surface area contributed by atoms with E-state index in [9.17, 15) is 0 Å². The van der Waals surface area contributed by atoms with Crippen molar-refractivity contribution in [3.05, 3.63) is 78.9 Å². The van der Waals surface area contributed by atoms with Crippen molar-refractivity contribution in [1.29, 1.82) is 0 Å². The largest absolute Gasteiger partial charge is 0.356 e. The molecule has 0 aliphatic heterocycles. The molecule has 3 aromatic carbocycles. The monoisotopic (exact) mass is 255 g/mol. The molecule has 1 nitrogen and oxygen atoms in total. The van der Waals surface area contributed by atoms with Crippen molar-refractivity contribution in [3.8, 4) is 11.1 Å². The average molecular weight is 255 g/mol. The Balaban J connectivity index is 1.79. The zero-order valence-electron chi connectivity index (χ0n) is 11.1. The zero-order valence-corrected chi connectivity index (χ0v) is 11.1. The summed E-state index contributed by atoms with van der Waals surface area (Å²) in [5.74, 6) is 0. The molecule has 0 spiro atoms. The first-order chi connectivity index (χ1) is 9.81. The van der Waals surface area contributed by atoms with Crippen molar-refractivity contribution >= 4 is 24.7 Å². The molecule has 1 N–H and O–H groups in total. The Morgan fingerprint density at radius 3 is 1.65 bits per heavy atom. The van der Waals surface area contributed by atoms with E-state index < -0.39 is 0 Å². The maximum absolute atomic E-state index is 5.70. The summed E-state index contributed by atoms with van der Waals surface area (Å²) in [7, 11) is 5.70. The van der Waals surface area contributed by atoms with Crippen LogP contribution in [0.15, 0.2) is 78.9 Å². The molecular weight excluding hydrogens is 241 g/mol. The summed E-state index contributed by atoms with van der Waals surface area (Å²) >= 11 is 0. The zero-order chi connectivity index (χ0) is 13.8. The summed E-state index contributed by atoms with van der Waals surface area (Å²) in [5.41, 5.74) is 5.31. The third-order valence-corrected chi connectivity index (χ3v) is 3.19. The summed E-state index contributed by atoms with van der Waals surface area (Å²) < 4.78 is 0. The van der Waals surface area contributed by atoms with Crippen LogP contribution in [0.1, 0.15) is 0 Å². The lowest BCUT2D eigenvalue weighted by atomic mass is 9.94. The summed E-state index contributed by atoms with van der Waals surface area (Å²) in [6.07, 6.45) is 0. The van der Waals surface area contributed by atoms with Crippen LogP contribution in [0.3, 0.4) is 0 Å². The smallest absolute Gasteiger partial charge is 0.113 e. The second kappa shape index (κ2) is 5.66. The molecule has 0 aliphatic carbocycles. The second-order valence-electron chi connectivity index (χ2n) is 4.69. The fourth-order valence-electron chi connectivity index (χ4n) is 2.11. The minimum atomic E-state index is 0.788. The Labute approximate surface area is 120 Å². The number of hydrogen-bond acceptors (Lipinski definition) is 1. The van der Waals surface area contributed by atoms with Crippen molar-refractivity contribution in [1.82, 2.24) is 0 Å². The van der Waals surface area contributed by atoms with Crippen LogP contribution in [0.25, 0.3) is 11.1 Å². The standard InChI is InChI=1S/C18H14BN/c19-16-10-6-14(7-11-16)15-8-12-18(13-9-15)20-17-4-2-1-3-5-17/h1-13,20H. The van der Waals surface area contributed by atoms with E-state index in [0.29, 0.717) is 0 Å². The van der Waals surface area contributed by atoms with E-state index in [4.69, 9.17) is 7.85 Å². The van der Waals surface area contributed by atoms with Gasteiger partial charge in [0.2, 0.25) is 0 Å². The van der Waals surface area contributed by atoms with Crippen LogP contribution in [-0.4, -0.2) is 7.85 Å². The molecule has 94 valence electrons. The predicted octanol–water partition coefficient (Wildman–Crippen LogP) is 3.89. The first-order valence-corrected chi connectivity index (χ1v) is 6.59. The molecule has 0 bridgehead atoms. The van der Waals surface area contributed by atoms with Gasteiger partial charge in [-0.2, -0.15) is 0 Å². The van der Waals surface area contributed by atoms with Gasteiger partial charge in [0.25, 0.3) is 0 Å². The fraction of sp³-hybridized carbons (Fsp3) is 0. The third-order valence-electron chi connectivity index (χ3n) is 3.19. The maximum atomic E-state index is 5.70. The Hall–Kier alpha value is -2.48. The Kier molecular flexibility index (Phi) is 3.55. The summed E-state index contributed by atoms with van der Waals surface area (Å²) in [6.45, 7) is 0. The Morgan fingerprint density at radius 1 is 0.550 bits per heavy atom. The molecule has 0 fully saturated rings. The highest BCUT2D eigenvalue weighted by Crippen LogP contribution is 2.22. The Morgan fingerprint density at radius 2 is 1.05 bits per heavy atom. The van der Waals surface area contributed by atoms with Gasteiger partial charge in [-0.3, -0.25) is 0 Å². The lowest BCUT2D eigenvalue weighted by Crippen LogP contribution is -1.99. The summed E-state index contributed by atoms with van der Waals surface area (Å²) in [4.78, 5) is 0. The van der Waals surface area contributed by atoms with Gasteiger partial charge in [-0.1, -0.05) is 60.1 Å². The molecule has 2 radical (unpaired) electrons. The van der Waals surface area contributed by atoms with Gasteiger partial charge in [-0.05, 0) is 35.4 Å². The molecule has 0 saturated heterocycles. The highest BCUT2D eigenvalue weighted by molar-refractivity contribution is 6.32. The number of para-hydroxylation sites is 1. The van der Waals surface area contributed by atoms with Crippen molar-refractivity contribution in [3.63, 3.8) is 0 Å². The van der Waals surface area contributed by atoms with Crippen LogP contribution in [0.2, 0.25) is 0 Å². The molecule has 20 heavy (non-hydrogen) atoms. The van der Waals surface area contributed by atoms with Crippen LogP contribution in [0.5, 0.6) is 0 Å². The fourth-order valence-corrected chi connectivity index (χ4v) is 2.11. The summed E-state index contributed by atoms with van der Waals surface area (Å²) in [6, 6.07) is 26.4. The van der Waals surface area contributed by atoms with Gasteiger partial charge in [-0.25, -0.2) is 0 Å². The van der Waals surface area contributed by atoms with E-state index in [0.717, 1.165) is 16.8 Å².